The average Bonchev–Trinajstić information content (AvgIpc) is 2.45. The molecule has 110 valence electrons. The van der Waals surface area contributed by atoms with Crippen LogP contribution in [-0.2, 0) is 4.79 Å². The van der Waals surface area contributed by atoms with Crippen molar-refractivity contribution < 1.29 is 9.18 Å². The predicted molar refractivity (Wildman–Crippen MR) is 86.2 cm³/mol. The van der Waals surface area contributed by atoms with E-state index in [0.29, 0.717) is 16.5 Å². The van der Waals surface area contributed by atoms with Gasteiger partial charge in [0.15, 0.2) is 0 Å². The largest absolute Gasteiger partial charge is 0.399 e. The van der Waals surface area contributed by atoms with Crippen molar-refractivity contribution in [1.82, 2.24) is 0 Å². The number of halogens is 2. The minimum atomic E-state index is -0.503. The standard InChI is InChI=1S/C15H14ClFN2OS/c16-11-3-1-2-4-14(11)21-8-7-15(20)19-13-9-10(18)5-6-12(13)17/h1-6,9H,7-8,18H2,(H,19,20). The number of amides is 1. The van der Waals surface area contributed by atoms with Crippen LogP contribution in [0.25, 0.3) is 0 Å². The second-order valence-corrected chi connectivity index (χ2v) is 5.86. The minimum Gasteiger partial charge on any atom is -0.399 e. The van der Waals surface area contributed by atoms with E-state index in [0.717, 1.165) is 4.90 Å². The molecule has 0 radical (unpaired) electrons. The van der Waals surface area contributed by atoms with Crippen LogP contribution in [0.3, 0.4) is 0 Å². The highest BCUT2D eigenvalue weighted by atomic mass is 35.5. The van der Waals surface area contributed by atoms with Gasteiger partial charge >= 0.3 is 0 Å². The van der Waals surface area contributed by atoms with Crippen LogP contribution in [0, 0.1) is 5.82 Å². The van der Waals surface area contributed by atoms with Crippen LogP contribution in [-0.4, -0.2) is 11.7 Å². The summed E-state index contributed by atoms with van der Waals surface area (Å²) in [5, 5.41) is 3.17. The van der Waals surface area contributed by atoms with Crippen LogP contribution in [0.1, 0.15) is 6.42 Å². The zero-order valence-electron chi connectivity index (χ0n) is 11.1. The van der Waals surface area contributed by atoms with Crippen molar-refractivity contribution in [2.24, 2.45) is 0 Å². The Balaban J connectivity index is 1.85. The summed E-state index contributed by atoms with van der Waals surface area (Å²) < 4.78 is 13.5. The molecule has 0 saturated carbocycles. The van der Waals surface area contributed by atoms with E-state index in [-0.39, 0.29) is 18.0 Å². The van der Waals surface area contributed by atoms with Gasteiger partial charge in [-0.15, -0.1) is 11.8 Å². The summed E-state index contributed by atoms with van der Waals surface area (Å²) in [5.74, 6) is -0.213. The Kier molecular flexibility index (Phi) is 5.47. The maximum Gasteiger partial charge on any atom is 0.225 e. The van der Waals surface area contributed by atoms with Crippen LogP contribution < -0.4 is 11.1 Å². The molecule has 2 rings (SSSR count). The zero-order chi connectivity index (χ0) is 15.2. The van der Waals surface area contributed by atoms with Gasteiger partial charge in [0, 0.05) is 22.8 Å². The lowest BCUT2D eigenvalue weighted by atomic mass is 10.2. The molecule has 3 N–H and O–H groups in total. The second-order valence-electron chi connectivity index (χ2n) is 4.32. The smallest absolute Gasteiger partial charge is 0.225 e. The van der Waals surface area contributed by atoms with E-state index in [4.69, 9.17) is 17.3 Å². The normalized spacial score (nSPS) is 10.4. The van der Waals surface area contributed by atoms with Gasteiger partial charge in [0.2, 0.25) is 5.91 Å². The molecule has 0 atom stereocenters. The first kappa shape index (κ1) is 15.7. The third kappa shape index (κ3) is 4.65. The average molecular weight is 325 g/mol. The number of carbonyl (C=O) groups is 1. The molecule has 0 heterocycles. The Morgan fingerprint density at radius 1 is 1.29 bits per heavy atom. The van der Waals surface area contributed by atoms with E-state index >= 15 is 0 Å². The molecular formula is C15H14ClFN2OS. The maximum absolute atomic E-state index is 13.5. The summed E-state index contributed by atoms with van der Waals surface area (Å²) >= 11 is 7.50. The summed E-state index contributed by atoms with van der Waals surface area (Å²) in [6, 6.07) is 11.5. The number of hydrogen-bond acceptors (Lipinski definition) is 3. The third-order valence-corrected chi connectivity index (χ3v) is 4.20. The van der Waals surface area contributed by atoms with Gasteiger partial charge in [-0.2, -0.15) is 0 Å². The number of hydrogen-bond donors (Lipinski definition) is 2. The Morgan fingerprint density at radius 3 is 2.81 bits per heavy atom. The molecule has 0 fully saturated rings. The Bertz CT molecular complexity index is 651. The number of rotatable bonds is 5. The van der Waals surface area contributed by atoms with Crippen LogP contribution in [0.5, 0.6) is 0 Å². The third-order valence-electron chi connectivity index (χ3n) is 2.69. The van der Waals surface area contributed by atoms with Crippen molar-refractivity contribution in [3.63, 3.8) is 0 Å². The minimum absolute atomic E-state index is 0.0998. The monoisotopic (exact) mass is 324 g/mol. The van der Waals surface area contributed by atoms with Crippen LogP contribution in [0.15, 0.2) is 47.4 Å². The van der Waals surface area contributed by atoms with Crippen molar-refractivity contribution in [3.8, 4) is 0 Å². The molecule has 1 amide bonds. The highest BCUT2D eigenvalue weighted by molar-refractivity contribution is 7.99. The fourth-order valence-corrected chi connectivity index (χ4v) is 2.85. The molecule has 0 saturated heterocycles. The van der Waals surface area contributed by atoms with E-state index in [1.54, 1.807) is 6.07 Å². The highest BCUT2D eigenvalue weighted by Gasteiger charge is 2.08. The molecule has 0 aliphatic rings. The first-order valence-corrected chi connectivity index (χ1v) is 7.65. The molecule has 2 aromatic rings. The van der Waals surface area contributed by atoms with Crippen molar-refractivity contribution >= 4 is 40.6 Å². The van der Waals surface area contributed by atoms with Crippen LogP contribution in [0.4, 0.5) is 15.8 Å². The molecule has 0 unspecified atom stereocenters. The highest BCUT2D eigenvalue weighted by Crippen LogP contribution is 2.27. The van der Waals surface area contributed by atoms with Crippen molar-refractivity contribution in [1.29, 1.82) is 0 Å². The van der Waals surface area contributed by atoms with Crippen LogP contribution >= 0.6 is 23.4 Å². The van der Waals surface area contributed by atoms with Gasteiger partial charge in [0.1, 0.15) is 5.82 Å². The number of carbonyl (C=O) groups excluding carboxylic acids is 1. The van der Waals surface area contributed by atoms with Gasteiger partial charge in [0.05, 0.1) is 10.7 Å². The quantitative estimate of drug-likeness (QED) is 0.640. The Morgan fingerprint density at radius 2 is 2.05 bits per heavy atom. The van der Waals surface area contributed by atoms with Gasteiger partial charge in [-0.3, -0.25) is 4.79 Å². The fourth-order valence-electron chi connectivity index (χ4n) is 1.67. The molecule has 21 heavy (non-hydrogen) atoms. The Hall–Kier alpha value is -1.72. The van der Waals surface area contributed by atoms with E-state index in [9.17, 15) is 9.18 Å². The zero-order valence-corrected chi connectivity index (χ0v) is 12.7. The number of benzene rings is 2. The first-order valence-electron chi connectivity index (χ1n) is 6.28. The summed E-state index contributed by atoms with van der Waals surface area (Å²) in [6.07, 6.45) is 0.254. The topological polar surface area (TPSA) is 55.1 Å². The number of nitrogen functional groups attached to an aromatic ring is 1. The van der Waals surface area contributed by atoms with E-state index < -0.39 is 5.82 Å². The number of thioether (sulfide) groups is 1. The SMILES string of the molecule is Nc1ccc(F)c(NC(=O)CCSc2ccccc2Cl)c1. The van der Waals surface area contributed by atoms with Gasteiger partial charge in [-0.25, -0.2) is 4.39 Å². The molecule has 0 aromatic heterocycles. The lowest BCUT2D eigenvalue weighted by Gasteiger charge is -2.07. The van der Waals surface area contributed by atoms with E-state index in [1.165, 1.54) is 30.0 Å². The number of nitrogens with one attached hydrogen (secondary N) is 1. The van der Waals surface area contributed by atoms with Gasteiger partial charge in [0.25, 0.3) is 0 Å². The molecule has 0 aliphatic carbocycles. The summed E-state index contributed by atoms with van der Waals surface area (Å²) in [4.78, 5) is 12.7. The lowest BCUT2D eigenvalue weighted by Crippen LogP contribution is -2.13. The molecule has 0 aliphatic heterocycles. The van der Waals surface area contributed by atoms with Crippen molar-refractivity contribution in [3.05, 3.63) is 53.3 Å². The molecule has 0 spiro atoms. The summed E-state index contributed by atoms with van der Waals surface area (Å²) in [6.45, 7) is 0. The maximum atomic E-state index is 13.5. The predicted octanol–water partition coefficient (Wildman–Crippen LogP) is 4.18. The molecule has 3 nitrogen and oxygen atoms in total. The van der Waals surface area contributed by atoms with Gasteiger partial charge in [-0.05, 0) is 30.3 Å². The lowest BCUT2D eigenvalue weighted by molar-refractivity contribution is -0.115. The van der Waals surface area contributed by atoms with Gasteiger partial charge < -0.3 is 11.1 Å². The molecule has 0 bridgehead atoms. The van der Waals surface area contributed by atoms with E-state index in [2.05, 4.69) is 5.32 Å². The Labute approximate surface area is 131 Å². The summed E-state index contributed by atoms with van der Waals surface area (Å²) in [5.41, 5.74) is 6.06. The van der Waals surface area contributed by atoms with E-state index in [1.807, 2.05) is 18.2 Å². The fraction of sp³-hybridized carbons (Fsp3) is 0.133. The van der Waals surface area contributed by atoms with Crippen molar-refractivity contribution in [2.75, 3.05) is 16.8 Å². The molecular weight excluding hydrogens is 311 g/mol. The van der Waals surface area contributed by atoms with Gasteiger partial charge in [-0.1, -0.05) is 23.7 Å². The summed E-state index contributed by atoms with van der Waals surface area (Å²) in [7, 11) is 0. The number of anilines is 2. The van der Waals surface area contributed by atoms with Crippen LogP contribution in [0.2, 0.25) is 5.02 Å². The molecule has 6 heteroatoms. The first-order chi connectivity index (χ1) is 10.1. The van der Waals surface area contributed by atoms with Crippen molar-refractivity contribution in [2.45, 2.75) is 11.3 Å². The second kappa shape index (κ2) is 7.33. The number of nitrogens with two attached hydrogens (primary N) is 1. The molecule has 2 aromatic carbocycles.